The van der Waals surface area contributed by atoms with Gasteiger partial charge in [0.2, 0.25) is 0 Å². The van der Waals surface area contributed by atoms with Crippen LogP contribution in [0.15, 0.2) is 42.5 Å². The van der Waals surface area contributed by atoms with E-state index >= 15 is 0 Å². The summed E-state index contributed by atoms with van der Waals surface area (Å²) in [4.78, 5) is 10.5. The van der Waals surface area contributed by atoms with Gasteiger partial charge in [0.1, 0.15) is 17.8 Å². The highest BCUT2D eigenvalue weighted by molar-refractivity contribution is 5.74. The first kappa shape index (κ1) is 16.9. The molecule has 0 saturated heterocycles. The molecule has 0 aliphatic rings. The molecular formula is C15H8F6O2. The van der Waals surface area contributed by atoms with Gasteiger partial charge in [0, 0.05) is 5.56 Å². The molecule has 0 saturated carbocycles. The average molecular weight is 334 g/mol. The molecule has 2 rings (SSSR count). The van der Waals surface area contributed by atoms with Crippen molar-refractivity contribution < 1.29 is 35.9 Å². The summed E-state index contributed by atoms with van der Waals surface area (Å²) in [7, 11) is 0. The number of ether oxygens (including phenoxy) is 1. The number of benzene rings is 2. The average Bonchev–Trinajstić information content (AvgIpc) is 2.46. The summed E-state index contributed by atoms with van der Waals surface area (Å²) in [6.07, 6.45) is -9.38. The Balaban J connectivity index is 2.42. The smallest absolute Gasteiger partial charge is 0.420 e. The van der Waals surface area contributed by atoms with E-state index in [1.54, 1.807) is 0 Å². The van der Waals surface area contributed by atoms with E-state index in [0.29, 0.717) is 18.4 Å². The minimum atomic E-state index is -5.01. The van der Waals surface area contributed by atoms with Crippen molar-refractivity contribution in [1.29, 1.82) is 0 Å². The monoisotopic (exact) mass is 334 g/mol. The third kappa shape index (κ3) is 4.02. The number of hydrogen-bond donors (Lipinski definition) is 0. The van der Waals surface area contributed by atoms with Crippen LogP contribution in [0, 0.1) is 0 Å². The van der Waals surface area contributed by atoms with Crippen molar-refractivity contribution in [2.75, 3.05) is 0 Å². The fourth-order valence-corrected chi connectivity index (χ4v) is 1.76. The third-order valence-corrected chi connectivity index (χ3v) is 2.86. The number of aldehydes is 1. The van der Waals surface area contributed by atoms with Gasteiger partial charge >= 0.3 is 12.4 Å². The summed E-state index contributed by atoms with van der Waals surface area (Å²) >= 11 is 0. The lowest BCUT2D eigenvalue weighted by atomic mass is 10.1. The molecule has 23 heavy (non-hydrogen) atoms. The van der Waals surface area contributed by atoms with Gasteiger partial charge in [-0.2, -0.15) is 26.3 Å². The van der Waals surface area contributed by atoms with Crippen molar-refractivity contribution in [1.82, 2.24) is 0 Å². The number of alkyl halides is 6. The Labute approximate surface area is 126 Å². The van der Waals surface area contributed by atoms with E-state index < -0.39 is 29.2 Å². The van der Waals surface area contributed by atoms with Crippen LogP contribution in [0.5, 0.6) is 11.5 Å². The molecule has 2 nitrogen and oxygen atoms in total. The molecule has 8 heteroatoms. The molecule has 0 N–H and O–H groups in total. The number of carbonyl (C=O) groups excluding carboxylic acids is 1. The first-order valence-corrected chi connectivity index (χ1v) is 6.13. The molecule has 2 aromatic rings. The van der Waals surface area contributed by atoms with E-state index in [-0.39, 0.29) is 17.4 Å². The zero-order valence-corrected chi connectivity index (χ0v) is 11.2. The van der Waals surface area contributed by atoms with Crippen LogP contribution < -0.4 is 4.74 Å². The van der Waals surface area contributed by atoms with Gasteiger partial charge in [-0.3, -0.25) is 4.79 Å². The van der Waals surface area contributed by atoms with Gasteiger partial charge in [0.05, 0.1) is 11.1 Å². The fourth-order valence-electron chi connectivity index (χ4n) is 1.76. The predicted octanol–water partition coefficient (Wildman–Crippen LogP) is 5.33. The van der Waals surface area contributed by atoms with E-state index in [0.717, 1.165) is 0 Å². The maximum Gasteiger partial charge on any atom is 0.420 e. The molecule has 0 amide bonds. The highest BCUT2D eigenvalue weighted by Crippen LogP contribution is 2.41. The quantitative estimate of drug-likeness (QED) is 0.560. The Bertz CT molecular complexity index is 701. The fraction of sp³-hybridized carbons (Fsp3) is 0.133. The maximum atomic E-state index is 12.9. The van der Waals surface area contributed by atoms with Crippen molar-refractivity contribution >= 4 is 6.29 Å². The first-order valence-electron chi connectivity index (χ1n) is 6.13. The van der Waals surface area contributed by atoms with E-state index in [1.165, 1.54) is 24.3 Å². The van der Waals surface area contributed by atoms with Gasteiger partial charge in [0.15, 0.2) is 0 Å². The summed E-state index contributed by atoms with van der Waals surface area (Å²) in [6, 6.07) is 6.20. The second-order valence-electron chi connectivity index (χ2n) is 4.50. The van der Waals surface area contributed by atoms with Gasteiger partial charge < -0.3 is 4.74 Å². The molecular weight excluding hydrogens is 326 g/mol. The Morgan fingerprint density at radius 2 is 1.43 bits per heavy atom. The summed E-state index contributed by atoms with van der Waals surface area (Å²) < 4.78 is 81.5. The molecule has 0 fully saturated rings. The van der Waals surface area contributed by atoms with E-state index in [2.05, 4.69) is 0 Å². The van der Waals surface area contributed by atoms with Crippen molar-refractivity contribution in [3.8, 4) is 11.5 Å². The standard InChI is InChI=1S/C15H8F6O2/c16-14(17,18)10-3-6-13(12(7-10)15(19,20)21)23-11-4-1-9(8-22)2-5-11/h1-8H. The zero-order valence-electron chi connectivity index (χ0n) is 11.2. The Morgan fingerprint density at radius 3 is 1.91 bits per heavy atom. The highest BCUT2D eigenvalue weighted by atomic mass is 19.4. The summed E-state index contributed by atoms with van der Waals surface area (Å²) in [5, 5.41) is 0. The number of hydrogen-bond acceptors (Lipinski definition) is 2. The summed E-state index contributed by atoms with van der Waals surface area (Å²) in [5.74, 6) is -0.801. The molecule has 0 aliphatic heterocycles. The lowest BCUT2D eigenvalue weighted by Crippen LogP contribution is -2.11. The summed E-state index contributed by atoms with van der Waals surface area (Å²) in [5.41, 5.74) is -2.68. The van der Waals surface area contributed by atoms with Crippen LogP contribution in [-0.2, 0) is 12.4 Å². The lowest BCUT2D eigenvalue weighted by Gasteiger charge is -2.16. The topological polar surface area (TPSA) is 26.3 Å². The zero-order chi connectivity index (χ0) is 17.3. The minimum Gasteiger partial charge on any atom is -0.457 e. The molecule has 0 unspecified atom stereocenters. The minimum absolute atomic E-state index is 0.00484. The van der Waals surface area contributed by atoms with Crippen LogP contribution in [0.4, 0.5) is 26.3 Å². The molecule has 0 atom stereocenters. The van der Waals surface area contributed by atoms with Crippen LogP contribution in [0.25, 0.3) is 0 Å². The first-order chi connectivity index (χ1) is 10.6. The molecule has 0 radical (unpaired) electrons. The van der Waals surface area contributed by atoms with Crippen molar-refractivity contribution in [3.63, 3.8) is 0 Å². The molecule has 0 aliphatic carbocycles. The second kappa shape index (κ2) is 5.94. The van der Waals surface area contributed by atoms with Crippen LogP contribution in [0.3, 0.4) is 0 Å². The van der Waals surface area contributed by atoms with Crippen molar-refractivity contribution in [2.45, 2.75) is 12.4 Å². The van der Waals surface area contributed by atoms with Gasteiger partial charge in [-0.15, -0.1) is 0 Å². The van der Waals surface area contributed by atoms with Gasteiger partial charge in [-0.05, 0) is 42.5 Å². The van der Waals surface area contributed by atoms with Gasteiger partial charge in [0.25, 0.3) is 0 Å². The van der Waals surface area contributed by atoms with Gasteiger partial charge in [-0.25, -0.2) is 0 Å². The SMILES string of the molecule is O=Cc1ccc(Oc2ccc(C(F)(F)F)cc2C(F)(F)F)cc1. The molecule has 0 heterocycles. The third-order valence-electron chi connectivity index (χ3n) is 2.86. The molecule has 0 spiro atoms. The van der Waals surface area contributed by atoms with E-state index in [4.69, 9.17) is 4.74 Å². The van der Waals surface area contributed by atoms with Crippen LogP contribution >= 0.6 is 0 Å². The number of carbonyl (C=O) groups is 1. The van der Waals surface area contributed by atoms with E-state index in [9.17, 15) is 31.1 Å². The molecule has 2 aromatic carbocycles. The number of halogens is 6. The largest absolute Gasteiger partial charge is 0.457 e. The molecule has 0 aromatic heterocycles. The lowest BCUT2D eigenvalue weighted by molar-refractivity contribution is -0.143. The maximum absolute atomic E-state index is 12.9. The van der Waals surface area contributed by atoms with Gasteiger partial charge in [-0.1, -0.05) is 0 Å². The molecule has 122 valence electrons. The summed E-state index contributed by atoms with van der Waals surface area (Å²) in [6.45, 7) is 0. The van der Waals surface area contributed by atoms with Crippen LogP contribution in [0.1, 0.15) is 21.5 Å². The highest BCUT2D eigenvalue weighted by Gasteiger charge is 2.39. The normalized spacial score (nSPS) is 12.1. The Morgan fingerprint density at radius 1 is 0.826 bits per heavy atom. The van der Waals surface area contributed by atoms with Crippen LogP contribution in [-0.4, -0.2) is 6.29 Å². The predicted molar refractivity (Wildman–Crippen MR) is 68.3 cm³/mol. The van der Waals surface area contributed by atoms with E-state index in [1.807, 2.05) is 0 Å². The molecule has 0 bridgehead atoms. The van der Waals surface area contributed by atoms with Crippen LogP contribution in [0.2, 0.25) is 0 Å². The number of rotatable bonds is 3. The van der Waals surface area contributed by atoms with Crippen molar-refractivity contribution in [3.05, 3.63) is 59.2 Å². The second-order valence-corrected chi connectivity index (χ2v) is 4.50. The van der Waals surface area contributed by atoms with Crippen molar-refractivity contribution in [2.24, 2.45) is 0 Å². The Kier molecular flexibility index (Phi) is 4.35. The Hall–Kier alpha value is -2.51.